The summed E-state index contributed by atoms with van der Waals surface area (Å²) in [7, 11) is 0. The zero-order valence-electron chi connectivity index (χ0n) is 11.0. The van der Waals surface area contributed by atoms with Crippen LogP contribution in [-0.4, -0.2) is 43.9 Å². The van der Waals surface area contributed by atoms with Gasteiger partial charge < -0.3 is 13.9 Å². The van der Waals surface area contributed by atoms with E-state index in [9.17, 15) is 0 Å². The molecule has 1 aromatic heterocycles. The first-order chi connectivity index (χ1) is 9.29. The van der Waals surface area contributed by atoms with Crippen molar-refractivity contribution in [1.82, 2.24) is 4.90 Å². The van der Waals surface area contributed by atoms with Gasteiger partial charge in [-0.05, 0) is 46.8 Å². The van der Waals surface area contributed by atoms with Gasteiger partial charge >= 0.3 is 0 Å². The number of nitrogens with zero attached hydrogens (tertiary/aromatic N) is 1. The van der Waals surface area contributed by atoms with Gasteiger partial charge in [0.15, 0.2) is 4.67 Å². The van der Waals surface area contributed by atoms with Gasteiger partial charge in [-0.25, -0.2) is 0 Å². The highest BCUT2D eigenvalue weighted by molar-refractivity contribution is 9.10. The molecule has 0 amide bonds. The quantitative estimate of drug-likeness (QED) is 0.803. The maximum absolute atomic E-state index is 5.75. The number of hydrogen-bond acceptors (Lipinski definition) is 4. The summed E-state index contributed by atoms with van der Waals surface area (Å²) in [5.41, 5.74) is 0. The molecule has 0 bridgehead atoms. The van der Waals surface area contributed by atoms with Crippen LogP contribution in [0, 0.1) is 5.92 Å². The normalized spacial score (nSPS) is 24.8. The second kappa shape index (κ2) is 6.39. The summed E-state index contributed by atoms with van der Waals surface area (Å²) in [5.74, 6) is 1.81. The third-order valence-electron chi connectivity index (χ3n) is 3.59. The highest BCUT2D eigenvalue weighted by Gasteiger charge is 2.24. The Bertz CT molecular complexity index is 405. The van der Waals surface area contributed by atoms with Crippen molar-refractivity contribution in [3.8, 4) is 0 Å². The second-order valence-electron chi connectivity index (χ2n) is 5.41. The number of furan rings is 1. The monoisotopic (exact) mass is 329 g/mol. The summed E-state index contributed by atoms with van der Waals surface area (Å²) in [6, 6.07) is 3.95. The largest absolute Gasteiger partial charge is 0.453 e. The van der Waals surface area contributed by atoms with Crippen molar-refractivity contribution in [1.29, 1.82) is 0 Å². The van der Waals surface area contributed by atoms with Gasteiger partial charge in [0.25, 0.3) is 0 Å². The topological polar surface area (TPSA) is 34.8 Å². The van der Waals surface area contributed by atoms with Crippen molar-refractivity contribution < 1.29 is 13.9 Å². The van der Waals surface area contributed by atoms with E-state index in [0.29, 0.717) is 0 Å². The van der Waals surface area contributed by atoms with Gasteiger partial charge in [-0.15, -0.1) is 0 Å². The minimum atomic E-state index is 0.200. The molecule has 1 aliphatic carbocycles. The van der Waals surface area contributed by atoms with Crippen LogP contribution in [-0.2, 0) is 16.0 Å². The van der Waals surface area contributed by atoms with E-state index in [1.165, 1.54) is 12.8 Å². The highest BCUT2D eigenvalue weighted by atomic mass is 79.9. The molecule has 1 atom stereocenters. The Labute approximate surface area is 122 Å². The number of morpholine rings is 1. The molecule has 1 saturated carbocycles. The average molecular weight is 330 g/mol. The molecule has 1 aromatic rings. The summed E-state index contributed by atoms with van der Waals surface area (Å²) in [5, 5.41) is 0. The van der Waals surface area contributed by atoms with Crippen molar-refractivity contribution in [3.63, 3.8) is 0 Å². The predicted molar refractivity (Wildman–Crippen MR) is 75.0 cm³/mol. The van der Waals surface area contributed by atoms with E-state index in [-0.39, 0.29) is 6.10 Å². The van der Waals surface area contributed by atoms with Gasteiger partial charge in [-0.1, -0.05) is 0 Å². The van der Waals surface area contributed by atoms with E-state index >= 15 is 0 Å². The molecule has 2 heterocycles. The Morgan fingerprint density at radius 1 is 1.32 bits per heavy atom. The molecule has 19 heavy (non-hydrogen) atoms. The third-order valence-corrected chi connectivity index (χ3v) is 4.01. The lowest BCUT2D eigenvalue weighted by atomic mass is 10.2. The van der Waals surface area contributed by atoms with Gasteiger partial charge in [0.1, 0.15) is 5.76 Å². The molecule has 0 unspecified atom stereocenters. The van der Waals surface area contributed by atoms with Gasteiger partial charge in [0.05, 0.1) is 25.9 Å². The first-order valence-corrected chi connectivity index (χ1v) is 7.75. The minimum Gasteiger partial charge on any atom is -0.453 e. The van der Waals surface area contributed by atoms with Crippen LogP contribution in [0.25, 0.3) is 0 Å². The second-order valence-corrected chi connectivity index (χ2v) is 6.20. The number of rotatable bonds is 6. The summed E-state index contributed by atoms with van der Waals surface area (Å²) < 4.78 is 17.8. The van der Waals surface area contributed by atoms with Crippen molar-refractivity contribution in [3.05, 3.63) is 22.6 Å². The van der Waals surface area contributed by atoms with Crippen LogP contribution in [0.2, 0.25) is 0 Å². The van der Waals surface area contributed by atoms with E-state index in [1.807, 2.05) is 12.1 Å². The Kier molecular flexibility index (Phi) is 4.58. The Balaban J connectivity index is 1.41. The molecule has 2 aliphatic rings. The lowest BCUT2D eigenvalue weighted by Gasteiger charge is -2.32. The number of halogens is 1. The van der Waals surface area contributed by atoms with Gasteiger partial charge in [-0.3, -0.25) is 4.90 Å². The molecule has 1 saturated heterocycles. The Hall–Kier alpha value is -0.360. The summed E-state index contributed by atoms with van der Waals surface area (Å²) >= 11 is 3.33. The molecule has 0 N–H and O–H groups in total. The van der Waals surface area contributed by atoms with Crippen LogP contribution in [0.5, 0.6) is 0 Å². The zero-order valence-corrected chi connectivity index (χ0v) is 12.6. The number of ether oxygens (including phenoxy) is 2. The van der Waals surface area contributed by atoms with Crippen LogP contribution in [0.1, 0.15) is 18.6 Å². The SMILES string of the molecule is Brc1ccc(CN2CCO[C@@H](COCC3CC3)C2)o1. The smallest absolute Gasteiger partial charge is 0.169 e. The Morgan fingerprint density at radius 2 is 2.21 bits per heavy atom. The molecule has 2 fully saturated rings. The highest BCUT2D eigenvalue weighted by Crippen LogP contribution is 2.28. The van der Waals surface area contributed by atoms with Crippen molar-refractivity contribution >= 4 is 15.9 Å². The third kappa shape index (κ3) is 4.31. The van der Waals surface area contributed by atoms with Crippen molar-refractivity contribution in [2.45, 2.75) is 25.5 Å². The fraction of sp³-hybridized carbons (Fsp3) is 0.714. The van der Waals surface area contributed by atoms with Crippen LogP contribution >= 0.6 is 15.9 Å². The van der Waals surface area contributed by atoms with E-state index in [1.54, 1.807) is 0 Å². The molecule has 3 rings (SSSR count). The summed E-state index contributed by atoms with van der Waals surface area (Å²) in [4.78, 5) is 2.36. The fourth-order valence-electron chi connectivity index (χ4n) is 2.33. The van der Waals surface area contributed by atoms with E-state index < -0.39 is 0 Å². The van der Waals surface area contributed by atoms with Crippen LogP contribution in [0.15, 0.2) is 21.2 Å². The van der Waals surface area contributed by atoms with E-state index in [4.69, 9.17) is 13.9 Å². The summed E-state index contributed by atoms with van der Waals surface area (Å²) in [6.45, 7) is 5.12. The molecule has 0 radical (unpaired) electrons. The van der Waals surface area contributed by atoms with Gasteiger partial charge in [0.2, 0.25) is 0 Å². The fourth-order valence-corrected chi connectivity index (χ4v) is 2.67. The van der Waals surface area contributed by atoms with Crippen molar-refractivity contribution in [2.24, 2.45) is 5.92 Å². The van der Waals surface area contributed by atoms with Gasteiger partial charge in [-0.2, -0.15) is 0 Å². The molecule has 0 spiro atoms. The van der Waals surface area contributed by atoms with Crippen LogP contribution in [0.3, 0.4) is 0 Å². The maximum atomic E-state index is 5.75. The Morgan fingerprint density at radius 3 is 2.95 bits per heavy atom. The lowest BCUT2D eigenvalue weighted by Crippen LogP contribution is -2.43. The average Bonchev–Trinajstić information content (AvgIpc) is 3.13. The standard InChI is InChI=1S/C14H20BrNO3/c15-14-4-3-12(19-14)7-16-5-6-18-13(8-16)10-17-9-11-1-2-11/h3-4,11,13H,1-2,5-10H2/t13-/m1/s1. The molecule has 0 aromatic carbocycles. The van der Waals surface area contributed by atoms with Crippen LogP contribution in [0.4, 0.5) is 0 Å². The zero-order chi connectivity index (χ0) is 13.1. The lowest BCUT2D eigenvalue weighted by molar-refractivity contribution is -0.0734. The molecular weight excluding hydrogens is 310 g/mol. The summed E-state index contributed by atoms with van der Waals surface area (Å²) in [6.07, 6.45) is 2.88. The van der Waals surface area contributed by atoms with E-state index in [2.05, 4.69) is 20.8 Å². The van der Waals surface area contributed by atoms with E-state index in [0.717, 1.165) is 55.8 Å². The van der Waals surface area contributed by atoms with Gasteiger partial charge in [0, 0.05) is 19.7 Å². The first kappa shape index (κ1) is 13.6. The van der Waals surface area contributed by atoms with Crippen LogP contribution < -0.4 is 0 Å². The first-order valence-electron chi connectivity index (χ1n) is 6.95. The molecular formula is C14H20BrNO3. The molecule has 106 valence electrons. The van der Waals surface area contributed by atoms with Crippen molar-refractivity contribution in [2.75, 3.05) is 32.9 Å². The molecule has 5 heteroatoms. The number of hydrogen-bond donors (Lipinski definition) is 0. The molecule has 1 aliphatic heterocycles. The minimum absolute atomic E-state index is 0.200. The maximum Gasteiger partial charge on any atom is 0.169 e. The predicted octanol–water partition coefficient (Wildman–Crippen LogP) is 2.67. The molecule has 4 nitrogen and oxygen atoms in total.